The molecule has 3 rings (SSSR count). The van der Waals surface area contributed by atoms with Crippen molar-refractivity contribution in [2.45, 2.75) is 31.3 Å². The zero-order valence-corrected chi connectivity index (χ0v) is 11.7. The second kappa shape index (κ2) is 5.24. The number of nitrogens with one attached hydrogen (secondary N) is 2. The van der Waals surface area contributed by atoms with E-state index in [-0.39, 0.29) is 0 Å². The summed E-state index contributed by atoms with van der Waals surface area (Å²) >= 11 is 3.63. The fraction of sp³-hybridized carbons (Fsp3) is 0.357. The van der Waals surface area contributed by atoms with Crippen molar-refractivity contribution in [3.8, 4) is 0 Å². The molecule has 0 amide bonds. The minimum atomic E-state index is 0.630. The van der Waals surface area contributed by atoms with Crippen molar-refractivity contribution in [3.05, 3.63) is 52.3 Å². The summed E-state index contributed by atoms with van der Waals surface area (Å²) in [6.45, 7) is 0.882. The Morgan fingerprint density at radius 2 is 2.11 bits per heavy atom. The molecule has 1 aromatic heterocycles. The lowest BCUT2D eigenvalue weighted by atomic mass is 9.76. The first-order valence-electron chi connectivity index (χ1n) is 6.29. The Labute approximate surface area is 115 Å². The largest absolute Gasteiger partial charge is 0.308 e. The number of nitrogens with zero attached hydrogens (tertiary/aromatic N) is 1. The third kappa shape index (κ3) is 2.49. The molecule has 0 radical (unpaired) electrons. The van der Waals surface area contributed by atoms with Crippen LogP contribution in [-0.4, -0.2) is 16.2 Å². The highest BCUT2D eigenvalue weighted by Gasteiger charge is 2.30. The van der Waals surface area contributed by atoms with Gasteiger partial charge in [0, 0.05) is 29.0 Å². The van der Waals surface area contributed by atoms with Crippen LogP contribution in [0.4, 0.5) is 0 Å². The van der Waals surface area contributed by atoms with Crippen LogP contribution in [0, 0.1) is 0 Å². The Balaban J connectivity index is 1.50. The SMILES string of the molecule is Brc1ccccc1C1CC(NCc2ccn[nH]2)C1. The van der Waals surface area contributed by atoms with Gasteiger partial charge in [-0.2, -0.15) is 5.10 Å². The Morgan fingerprint density at radius 3 is 2.83 bits per heavy atom. The van der Waals surface area contributed by atoms with Gasteiger partial charge in [-0.3, -0.25) is 5.10 Å². The standard InChI is InChI=1S/C14H16BrN3/c15-14-4-2-1-3-13(14)10-7-12(8-10)16-9-11-5-6-17-18-11/h1-6,10,12,16H,7-9H2,(H,17,18). The highest BCUT2D eigenvalue weighted by atomic mass is 79.9. The average Bonchev–Trinajstić information content (AvgIpc) is 2.82. The van der Waals surface area contributed by atoms with Gasteiger partial charge in [-0.15, -0.1) is 0 Å². The van der Waals surface area contributed by atoms with Crippen molar-refractivity contribution in [2.24, 2.45) is 0 Å². The van der Waals surface area contributed by atoms with Crippen LogP contribution in [0.2, 0.25) is 0 Å². The molecule has 94 valence electrons. The van der Waals surface area contributed by atoms with Crippen molar-refractivity contribution in [1.29, 1.82) is 0 Å². The summed E-state index contributed by atoms with van der Waals surface area (Å²) in [5.74, 6) is 0.694. The molecule has 4 heteroatoms. The molecule has 0 aliphatic heterocycles. The molecular weight excluding hydrogens is 290 g/mol. The molecule has 2 aromatic rings. The van der Waals surface area contributed by atoms with E-state index < -0.39 is 0 Å². The first kappa shape index (κ1) is 11.9. The lowest BCUT2D eigenvalue weighted by Crippen LogP contribution is -2.39. The van der Waals surface area contributed by atoms with Gasteiger partial charge in [0.15, 0.2) is 0 Å². The molecule has 2 N–H and O–H groups in total. The van der Waals surface area contributed by atoms with Gasteiger partial charge < -0.3 is 5.32 Å². The van der Waals surface area contributed by atoms with Crippen LogP contribution < -0.4 is 5.32 Å². The van der Waals surface area contributed by atoms with E-state index in [9.17, 15) is 0 Å². The van der Waals surface area contributed by atoms with E-state index in [0.29, 0.717) is 12.0 Å². The van der Waals surface area contributed by atoms with Crippen LogP contribution in [0.5, 0.6) is 0 Å². The fourth-order valence-electron chi connectivity index (χ4n) is 2.48. The summed E-state index contributed by atoms with van der Waals surface area (Å²) in [5.41, 5.74) is 2.59. The molecule has 1 saturated carbocycles. The summed E-state index contributed by atoms with van der Waals surface area (Å²) in [4.78, 5) is 0. The van der Waals surface area contributed by atoms with E-state index >= 15 is 0 Å². The molecule has 18 heavy (non-hydrogen) atoms. The first-order chi connectivity index (χ1) is 8.83. The third-order valence-corrected chi connectivity index (χ3v) is 4.34. The van der Waals surface area contributed by atoms with Gasteiger partial charge in [0.1, 0.15) is 0 Å². The number of aromatic nitrogens is 2. The molecule has 0 bridgehead atoms. The van der Waals surface area contributed by atoms with E-state index in [2.05, 4.69) is 55.7 Å². The van der Waals surface area contributed by atoms with Crippen molar-refractivity contribution in [1.82, 2.24) is 15.5 Å². The molecule has 1 aliphatic rings. The first-order valence-corrected chi connectivity index (χ1v) is 7.08. The van der Waals surface area contributed by atoms with Crippen LogP contribution in [0.15, 0.2) is 41.0 Å². The van der Waals surface area contributed by atoms with Crippen LogP contribution in [0.25, 0.3) is 0 Å². The van der Waals surface area contributed by atoms with Gasteiger partial charge in [0.2, 0.25) is 0 Å². The number of hydrogen-bond donors (Lipinski definition) is 2. The topological polar surface area (TPSA) is 40.7 Å². The normalized spacial score (nSPS) is 22.7. The van der Waals surface area contributed by atoms with Crippen molar-refractivity contribution < 1.29 is 0 Å². The number of aromatic amines is 1. The monoisotopic (exact) mass is 305 g/mol. The third-order valence-electron chi connectivity index (χ3n) is 3.62. The molecule has 0 spiro atoms. The molecular formula is C14H16BrN3. The fourth-order valence-corrected chi connectivity index (χ4v) is 3.09. The second-order valence-electron chi connectivity index (χ2n) is 4.85. The number of hydrogen-bond acceptors (Lipinski definition) is 2. The number of benzene rings is 1. The quantitative estimate of drug-likeness (QED) is 0.910. The van der Waals surface area contributed by atoms with E-state index in [1.807, 2.05) is 6.07 Å². The van der Waals surface area contributed by atoms with E-state index in [1.165, 1.54) is 22.9 Å². The lowest BCUT2D eigenvalue weighted by Gasteiger charge is -2.36. The molecule has 0 atom stereocenters. The van der Waals surface area contributed by atoms with Crippen molar-refractivity contribution in [2.75, 3.05) is 0 Å². The zero-order chi connectivity index (χ0) is 12.4. The summed E-state index contributed by atoms with van der Waals surface area (Å²) < 4.78 is 1.24. The molecule has 1 heterocycles. The van der Waals surface area contributed by atoms with Gasteiger partial charge in [-0.05, 0) is 36.5 Å². The van der Waals surface area contributed by atoms with Gasteiger partial charge in [-0.1, -0.05) is 34.1 Å². The Kier molecular flexibility index (Phi) is 3.48. The molecule has 3 nitrogen and oxygen atoms in total. The minimum Gasteiger partial charge on any atom is -0.308 e. The highest BCUT2D eigenvalue weighted by molar-refractivity contribution is 9.10. The number of H-pyrrole nitrogens is 1. The van der Waals surface area contributed by atoms with E-state index in [4.69, 9.17) is 0 Å². The highest BCUT2D eigenvalue weighted by Crippen LogP contribution is 2.39. The van der Waals surface area contributed by atoms with Crippen LogP contribution in [0.1, 0.15) is 30.0 Å². The van der Waals surface area contributed by atoms with Gasteiger partial charge >= 0.3 is 0 Å². The molecule has 0 saturated heterocycles. The maximum atomic E-state index is 3.95. The Bertz CT molecular complexity index is 504. The Hall–Kier alpha value is -1.13. The van der Waals surface area contributed by atoms with Crippen LogP contribution in [-0.2, 0) is 6.54 Å². The number of halogens is 1. The van der Waals surface area contributed by atoms with Crippen molar-refractivity contribution >= 4 is 15.9 Å². The lowest BCUT2D eigenvalue weighted by molar-refractivity contribution is 0.288. The maximum Gasteiger partial charge on any atom is 0.0490 e. The molecule has 1 aliphatic carbocycles. The maximum absolute atomic E-state index is 3.95. The smallest absolute Gasteiger partial charge is 0.0490 e. The van der Waals surface area contributed by atoms with Crippen LogP contribution >= 0.6 is 15.9 Å². The minimum absolute atomic E-state index is 0.630. The summed E-state index contributed by atoms with van der Waals surface area (Å²) in [7, 11) is 0. The van der Waals surface area contributed by atoms with Crippen LogP contribution in [0.3, 0.4) is 0 Å². The second-order valence-corrected chi connectivity index (χ2v) is 5.70. The average molecular weight is 306 g/mol. The molecule has 1 aromatic carbocycles. The predicted octanol–water partition coefficient (Wildman–Crippen LogP) is 3.21. The summed E-state index contributed by atoms with van der Waals surface area (Å²) in [6, 6.07) is 11.2. The van der Waals surface area contributed by atoms with Gasteiger partial charge in [-0.25, -0.2) is 0 Å². The summed E-state index contributed by atoms with van der Waals surface area (Å²) in [6.07, 6.45) is 4.23. The van der Waals surface area contributed by atoms with E-state index in [0.717, 1.165) is 12.2 Å². The van der Waals surface area contributed by atoms with Gasteiger partial charge in [0.25, 0.3) is 0 Å². The summed E-state index contributed by atoms with van der Waals surface area (Å²) in [5, 5.41) is 10.5. The zero-order valence-electron chi connectivity index (χ0n) is 10.1. The van der Waals surface area contributed by atoms with E-state index in [1.54, 1.807) is 6.20 Å². The molecule has 1 fully saturated rings. The predicted molar refractivity (Wildman–Crippen MR) is 75.3 cm³/mol. The number of rotatable bonds is 4. The molecule has 0 unspecified atom stereocenters. The Morgan fingerprint density at radius 1 is 1.28 bits per heavy atom. The van der Waals surface area contributed by atoms with Gasteiger partial charge in [0.05, 0.1) is 0 Å². The van der Waals surface area contributed by atoms with Crippen molar-refractivity contribution in [3.63, 3.8) is 0 Å².